The van der Waals surface area contributed by atoms with E-state index in [1.165, 1.54) is 44.9 Å². The first-order valence-electron chi connectivity index (χ1n) is 6.99. The number of nitrogens with one attached hydrogen (secondary N) is 2. The Bertz CT molecular complexity index is 228. The van der Waals surface area contributed by atoms with Gasteiger partial charge >= 0.3 is 0 Å². The van der Waals surface area contributed by atoms with Gasteiger partial charge in [0.25, 0.3) is 0 Å². The van der Waals surface area contributed by atoms with Crippen LogP contribution in [0.5, 0.6) is 0 Å². The summed E-state index contributed by atoms with van der Waals surface area (Å²) in [5.41, 5.74) is 0. The Morgan fingerprint density at radius 3 is 2.29 bits per heavy atom. The van der Waals surface area contributed by atoms with E-state index in [4.69, 9.17) is 0 Å². The lowest BCUT2D eigenvalue weighted by Crippen LogP contribution is -2.43. The molecule has 0 saturated carbocycles. The number of carbonyl (C=O) groups excluding carboxylic acids is 1. The SMILES string of the molecule is C=CNC1CCCCCCCCCCC(=O)N1. The van der Waals surface area contributed by atoms with Crippen molar-refractivity contribution in [2.75, 3.05) is 0 Å². The van der Waals surface area contributed by atoms with Crippen molar-refractivity contribution in [2.24, 2.45) is 0 Å². The molecule has 1 atom stereocenters. The van der Waals surface area contributed by atoms with E-state index in [9.17, 15) is 4.79 Å². The first-order valence-corrected chi connectivity index (χ1v) is 6.99. The lowest BCUT2D eigenvalue weighted by Gasteiger charge is -2.18. The van der Waals surface area contributed by atoms with Gasteiger partial charge in [-0.1, -0.05) is 45.1 Å². The summed E-state index contributed by atoms with van der Waals surface area (Å²) in [6.45, 7) is 3.66. The van der Waals surface area contributed by atoms with Crippen molar-refractivity contribution in [3.8, 4) is 0 Å². The van der Waals surface area contributed by atoms with Crippen molar-refractivity contribution in [3.63, 3.8) is 0 Å². The van der Waals surface area contributed by atoms with Crippen LogP contribution in [0.4, 0.5) is 0 Å². The lowest BCUT2D eigenvalue weighted by atomic mass is 10.1. The van der Waals surface area contributed by atoms with Crippen LogP contribution in [0.1, 0.15) is 64.2 Å². The van der Waals surface area contributed by atoms with E-state index in [1.807, 2.05) is 0 Å². The van der Waals surface area contributed by atoms with Crippen LogP contribution in [-0.2, 0) is 4.79 Å². The van der Waals surface area contributed by atoms with Gasteiger partial charge in [0.2, 0.25) is 5.91 Å². The Labute approximate surface area is 105 Å². The number of hydrogen-bond acceptors (Lipinski definition) is 2. The van der Waals surface area contributed by atoms with Crippen molar-refractivity contribution in [2.45, 2.75) is 70.4 Å². The topological polar surface area (TPSA) is 41.1 Å². The summed E-state index contributed by atoms with van der Waals surface area (Å²) >= 11 is 0. The monoisotopic (exact) mass is 238 g/mol. The Kier molecular flexibility index (Phi) is 7.52. The van der Waals surface area contributed by atoms with Crippen molar-refractivity contribution < 1.29 is 4.79 Å². The fraction of sp³-hybridized carbons (Fsp3) is 0.786. The van der Waals surface area contributed by atoms with Crippen molar-refractivity contribution in [1.29, 1.82) is 0 Å². The molecule has 3 heteroatoms. The van der Waals surface area contributed by atoms with Gasteiger partial charge in [-0.05, 0) is 25.5 Å². The van der Waals surface area contributed by atoms with Crippen molar-refractivity contribution >= 4 is 5.91 Å². The van der Waals surface area contributed by atoms with Gasteiger partial charge in [0, 0.05) is 6.42 Å². The Morgan fingerprint density at radius 1 is 1.06 bits per heavy atom. The third-order valence-electron chi connectivity index (χ3n) is 3.30. The molecular weight excluding hydrogens is 212 g/mol. The maximum atomic E-state index is 11.7. The van der Waals surface area contributed by atoms with Gasteiger partial charge in [-0.25, -0.2) is 0 Å². The highest BCUT2D eigenvalue weighted by atomic mass is 16.1. The molecule has 17 heavy (non-hydrogen) atoms. The van der Waals surface area contributed by atoms with Gasteiger partial charge in [0.1, 0.15) is 0 Å². The first kappa shape index (κ1) is 14.1. The fourth-order valence-electron chi connectivity index (χ4n) is 2.30. The molecule has 1 amide bonds. The molecule has 0 aromatic rings. The highest BCUT2D eigenvalue weighted by molar-refractivity contribution is 5.76. The molecule has 1 saturated heterocycles. The minimum atomic E-state index is 0.0701. The predicted molar refractivity (Wildman–Crippen MR) is 71.4 cm³/mol. The largest absolute Gasteiger partial charge is 0.372 e. The Balaban J connectivity index is 2.37. The lowest BCUT2D eigenvalue weighted by molar-refractivity contribution is -0.122. The van der Waals surface area contributed by atoms with Gasteiger partial charge in [-0.3, -0.25) is 4.79 Å². The molecule has 0 radical (unpaired) electrons. The van der Waals surface area contributed by atoms with E-state index in [0.717, 1.165) is 12.8 Å². The summed E-state index contributed by atoms with van der Waals surface area (Å²) in [7, 11) is 0. The van der Waals surface area contributed by atoms with E-state index >= 15 is 0 Å². The Hall–Kier alpha value is -0.990. The molecule has 1 heterocycles. The van der Waals surface area contributed by atoms with E-state index in [0.29, 0.717) is 6.42 Å². The highest BCUT2D eigenvalue weighted by Gasteiger charge is 2.10. The van der Waals surface area contributed by atoms with Gasteiger partial charge in [-0.2, -0.15) is 0 Å². The van der Waals surface area contributed by atoms with Crippen LogP contribution in [-0.4, -0.2) is 12.1 Å². The molecule has 0 aromatic heterocycles. The minimum absolute atomic E-state index is 0.0701. The molecule has 1 rings (SSSR count). The number of amides is 1. The molecule has 2 N–H and O–H groups in total. The summed E-state index contributed by atoms with van der Waals surface area (Å²) in [6.07, 6.45) is 13.3. The molecule has 0 aromatic carbocycles. The van der Waals surface area contributed by atoms with E-state index in [-0.39, 0.29) is 12.1 Å². The van der Waals surface area contributed by atoms with Gasteiger partial charge in [-0.15, -0.1) is 0 Å². The van der Waals surface area contributed by atoms with Crippen LogP contribution in [0.2, 0.25) is 0 Å². The molecule has 1 fully saturated rings. The molecular formula is C14H26N2O. The quantitative estimate of drug-likeness (QED) is 0.776. The zero-order valence-electron chi connectivity index (χ0n) is 10.8. The summed E-state index contributed by atoms with van der Waals surface area (Å²) in [6, 6.07) is 0. The Morgan fingerprint density at radius 2 is 1.65 bits per heavy atom. The predicted octanol–water partition coefficient (Wildman–Crippen LogP) is 3.08. The van der Waals surface area contributed by atoms with Crippen molar-refractivity contribution in [1.82, 2.24) is 10.6 Å². The second-order valence-corrected chi connectivity index (χ2v) is 4.86. The average molecular weight is 238 g/mol. The van der Waals surface area contributed by atoms with Crippen LogP contribution >= 0.6 is 0 Å². The number of hydrogen-bond donors (Lipinski definition) is 2. The first-order chi connectivity index (χ1) is 8.33. The van der Waals surface area contributed by atoms with E-state index < -0.39 is 0 Å². The molecule has 1 unspecified atom stereocenters. The molecule has 1 aliphatic rings. The summed E-state index contributed by atoms with van der Waals surface area (Å²) < 4.78 is 0. The normalized spacial score (nSPS) is 24.7. The van der Waals surface area contributed by atoms with Crippen LogP contribution in [0.3, 0.4) is 0 Å². The standard InChI is InChI=1S/C14H26N2O/c1-2-15-13-11-9-7-5-3-4-6-8-10-12-14(17)16-13/h2,13,15H,1,3-12H2,(H,16,17). The third kappa shape index (κ3) is 7.03. The summed E-state index contributed by atoms with van der Waals surface area (Å²) in [4.78, 5) is 11.7. The summed E-state index contributed by atoms with van der Waals surface area (Å²) in [5, 5.41) is 6.15. The fourth-order valence-corrected chi connectivity index (χ4v) is 2.30. The van der Waals surface area contributed by atoms with E-state index in [2.05, 4.69) is 17.2 Å². The van der Waals surface area contributed by atoms with Gasteiger partial charge < -0.3 is 10.6 Å². The highest BCUT2D eigenvalue weighted by Crippen LogP contribution is 2.12. The smallest absolute Gasteiger partial charge is 0.221 e. The van der Waals surface area contributed by atoms with E-state index in [1.54, 1.807) is 6.20 Å². The zero-order chi connectivity index (χ0) is 12.3. The van der Waals surface area contributed by atoms with Crippen LogP contribution < -0.4 is 10.6 Å². The van der Waals surface area contributed by atoms with Crippen LogP contribution in [0, 0.1) is 0 Å². The second kappa shape index (κ2) is 9.08. The average Bonchev–Trinajstić information content (AvgIpc) is 2.32. The van der Waals surface area contributed by atoms with Crippen LogP contribution in [0.25, 0.3) is 0 Å². The maximum absolute atomic E-state index is 11.7. The number of carbonyl (C=O) groups is 1. The second-order valence-electron chi connectivity index (χ2n) is 4.86. The minimum Gasteiger partial charge on any atom is -0.372 e. The zero-order valence-corrected chi connectivity index (χ0v) is 10.8. The van der Waals surface area contributed by atoms with Crippen molar-refractivity contribution in [3.05, 3.63) is 12.8 Å². The third-order valence-corrected chi connectivity index (χ3v) is 3.30. The van der Waals surface area contributed by atoms with Gasteiger partial charge in [0.05, 0.1) is 6.17 Å². The maximum Gasteiger partial charge on any atom is 0.221 e. The molecule has 0 aliphatic carbocycles. The molecule has 0 bridgehead atoms. The molecule has 1 aliphatic heterocycles. The van der Waals surface area contributed by atoms with Gasteiger partial charge in [0.15, 0.2) is 0 Å². The molecule has 98 valence electrons. The number of rotatable bonds is 2. The summed E-state index contributed by atoms with van der Waals surface area (Å²) in [5.74, 6) is 0.170. The molecule has 0 spiro atoms. The molecule has 3 nitrogen and oxygen atoms in total. The van der Waals surface area contributed by atoms with Crippen LogP contribution in [0.15, 0.2) is 12.8 Å².